The highest BCUT2D eigenvalue weighted by molar-refractivity contribution is 9.10. The number of benzene rings is 2. The molecule has 150 valence electrons. The summed E-state index contributed by atoms with van der Waals surface area (Å²) in [7, 11) is 0. The molecule has 5 nitrogen and oxygen atoms in total. The van der Waals surface area contributed by atoms with E-state index in [-0.39, 0.29) is 17.0 Å². The summed E-state index contributed by atoms with van der Waals surface area (Å²) in [6.45, 7) is 0. The number of aliphatic hydroxyl groups is 1. The fraction of sp³-hybridized carbons (Fsp3) is 0.0455. The fourth-order valence-electron chi connectivity index (χ4n) is 3.35. The van der Waals surface area contributed by atoms with E-state index >= 15 is 0 Å². The Balaban J connectivity index is 1.94. The third-order valence-electron chi connectivity index (χ3n) is 4.74. The van der Waals surface area contributed by atoms with Gasteiger partial charge in [0.25, 0.3) is 11.7 Å². The van der Waals surface area contributed by atoms with Crippen molar-refractivity contribution >= 4 is 39.1 Å². The zero-order chi connectivity index (χ0) is 21.4. The molecule has 1 amide bonds. The van der Waals surface area contributed by atoms with Crippen molar-refractivity contribution in [3.8, 4) is 0 Å². The molecule has 0 aliphatic carbocycles. The third kappa shape index (κ3) is 3.39. The van der Waals surface area contributed by atoms with E-state index in [2.05, 4.69) is 20.9 Å². The van der Waals surface area contributed by atoms with Crippen LogP contribution in [0.4, 0.5) is 14.5 Å². The third-order valence-corrected chi connectivity index (χ3v) is 5.27. The molecule has 1 aromatic heterocycles. The quantitative estimate of drug-likeness (QED) is 0.340. The van der Waals surface area contributed by atoms with E-state index in [9.17, 15) is 23.5 Å². The van der Waals surface area contributed by atoms with Crippen molar-refractivity contribution in [3.63, 3.8) is 0 Å². The number of anilines is 1. The average Bonchev–Trinajstić information content (AvgIpc) is 3.01. The molecule has 1 unspecified atom stereocenters. The lowest BCUT2D eigenvalue weighted by atomic mass is 9.96. The maximum absolute atomic E-state index is 13.9. The minimum absolute atomic E-state index is 0.0142. The molecule has 1 N–H and O–H groups in total. The highest BCUT2D eigenvalue weighted by atomic mass is 79.9. The molecule has 2 aromatic carbocycles. The Labute approximate surface area is 178 Å². The van der Waals surface area contributed by atoms with Gasteiger partial charge in [0.1, 0.15) is 5.76 Å². The Morgan fingerprint density at radius 2 is 1.77 bits per heavy atom. The molecule has 4 rings (SSSR count). The van der Waals surface area contributed by atoms with Crippen LogP contribution in [0.15, 0.2) is 77.0 Å². The second-order valence-corrected chi connectivity index (χ2v) is 7.48. The number of Topliss-reactive ketones (excluding diaryl/α,β-unsaturated/α-hetero) is 1. The van der Waals surface area contributed by atoms with Gasteiger partial charge in [-0.25, -0.2) is 8.78 Å². The molecule has 2 heterocycles. The summed E-state index contributed by atoms with van der Waals surface area (Å²) < 4.78 is 28.1. The summed E-state index contributed by atoms with van der Waals surface area (Å²) in [4.78, 5) is 30.8. The first kappa shape index (κ1) is 19.9. The number of rotatable bonds is 3. The number of aromatic nitrogens is 1. The molecule has 0 radical (unpaired) electrons. The van der Waals surface area contributed by atoms with E-state index in [1.165, 1.54) is 18.5 Å². The molecule has 0 spiro atoms. The molecule has 1 aliphatic heterocycles. The highest BCUT2D eigenvalue weighted by Gasteiger charge is 2.47. The number of aliphatic hydroxyl groups excluding tert-OH is 1. The molecule has 0 saturated carbocycles. The Kier molecular flexibility index (Phi) is 5.17. The Morgan fingerprint density at radius 1 is 1.03 bits per heavy atom. The molecule has 1 atom stereocenters. The van der Waals surface area contributed by atoms with Gasteiger partial charge in [0.05, 0.1) is 11.6 Å². The first-order chi connectivity index (χ1) is 14.4. The zero-order valence-corrected chi connectivity index (χ0v) is 16.8. The summed E-state index contributed by atoms with van der Waals surface area (Å²) in [6, 6.07) is 11.6. The number of carbonyl (C=O) groups excluding carboxylic acids is 2. The molecular formula is C22H13BrF2N2O3. The summed E-state index contributed by atoms with van der Waals surface area (Å²) in [5.41, 5.74) is 0.579. The van der Waals surface area contributed by atoms with Crippen LogP contribution in [-0.4, -0.2) is 21.8 Å². The zero-order valence-electron chi connectivity index (χ0n) is 15.2. The van der Waals surface area contributed by atoms with Gasteiger partial charge in [-0.15, -0.1) is 0 Å². The lowest BCUT2D eigenvalue weighted by Gasteiger charge is -2.25. The summed E-state index contributed by atoms with van der Waals surface area (Å²) >= 11 is 3.30. The van der Waals surface area contributed by atoms with Gasteiger partial charge in [-0.2, -0.15) is 0 Å². The molecule has 8 heteroatoms. The maximum Gasteiger partial charge on any atom is 0.300 e. The van der Waals surface area contributed by atoms with Gasteiger partial charge in [0.2, 0.25) is 0 Å². The summed E-state index contributed by atoms with van der Waals surface area (Å²) in [5.74, 6) is -4.52. The number of halogens is 3. The largest absolute Gasteiger partial charge is 0.507 e. The maximum atomic E-state index is 13.9. The number of hydrogen-bond donors (Lipinski definition) is 1. The monoisotopic (exact) mass is 470 g/mol. The fourth-order valence-corrected chi connectivity index (χ4v) is 3.61. The molecular weight excluding hydrogens is 458 g/mol. The van der Waals surface area contributed by atoms with Crippen molar-refractivity contribution < 1.29 is 23.5 Å². The second-order valence-electron chi connectivity index (χ2n) is 6.56. The molecule has 1 saturated heterocycles. The van der Waals surface area contributed by atoms with Gasteiger partial charge in [-0.1, -0.05) is 34.1 Å². The number of pyridine rings is 1. The van der Waals surface area contributed by atoms with Gasteiger partial charge in [0, 0.05) is 34.2 Å². The Morgan fingerprint density at radius 3 is 2.40 bits per heavy atom. The first-order valence-electron chi connectivity index (χ1n) is 8.80. The van der Waals surface area contributed by atoms with E-state index in [0.717, 1.165) is 21.5 Å². The van der Waals surface area contributed by atoms with E-state index in [1.807, 2.05) is 0 Å². The van der Waals surface area contributed by atoms with Crippen LogP contribution < -0.4 is 4.90 Å². The highest BCUT2D eigenvalue weighted by Crippen LogP contribution is 2.42. The number of carbonyl (C=O) groups is 2. The number of nitrogens with zero attached hydrogens (tertiary/aromatic N) is 2. The lowest BCUT2D eigenvalue weighted by Crippen LogP contribution is -2.29. The number of ketones is 1. The van der Waals surface area contributed by atoms with Crippen LogP contribution in [0, 0.1) is 11.6 Å². The van der Waals surface area contributed by atoms with Crippen molar-refractivity contribution in [2.45, 2.75) is 6.04 Å². The predicted octanol–water partition coefficient (Wildman–Crippen LogP) is 4.75. The van der Waals surface area contributed by atoms with E-state index in [1.54, 1.807) is 36.4 Å². The van der Waals surface area contributed by atoms with Gasteiger partial charge in [-0.05, 0) is 35.9 Å². The van der Waals surface area contributed by atoms with Crippen LogP contribution >= 0.6 is 15.9 Å². The number of hydrogen-bond acceptors (Lipinski definition) is 4. The van der Waals surface area contributed by atoms with Crippen molar-refractivity contribution in [1.29, 1.82) is 0 Å². The molecule has 1 fully saturated rings. The molecule has 1 aliphatic rings. The first-order valence-corrected chi connectivity index (χ1v) is 9.59. The van der Waals surface area contributed by atoms with Crippen LogP contribution in [0.25, 0.3) is 5.76 Å². The van der Waals surface area contributed by atoms with Gasteiger partial charge < -0.3 is 5.11 Å². The summed E-state index contributed by atoms with van der Waals surface area (Å²) in [6.07, 6.45) is 2.96. The predicted molar refractivity (Wildman–Crippen MR) is 110 cm³/mol. The second kappa shape index (κ2) is 7.79. The topological polar surface area (TPSA) is 70.5 Å². The van der Waals surface area contributed by atoms with E-state index < -0.39 is 29.4 Å². The normalized spacial score (nSPS) is 18.1. The van der Waals surface area contributed by atoms with Gasteiger partial charge in [-0.3, -0.25) is 19.5 Å². The molecule has 3 aromatic rings. The van der Waals surface area contributed by atoms with Crippen LogP contribution in [0.5, 0.6) is 0 Å². The Hall–Kier alpha value is -3.39. The van der Waals surface area contributed by atoms with Crippen LogP contribution in [0.3, 0.4) is 0 Å². The SMILES string of the molecule is O=C1C(=O)N(c2ccc(F)c(F)c2)C(c2cccnc2)/C1=C(\O)c1ccc(Br)cc1. The van der Waals surface area contributed by atoms with Crippen molar-refractivity contribution in [3.05, 3.63) is 99.8 Å². The summed E-state index contributed by atoms with van der Waals surface area (Å²) in [5, 5.41) is 10.9. The lowest BCUT2D eigenvalue weighted by molar-refractivity contribution is -0.132. The van der Waals surface area contributed by atoms with Crippen LogP contribution in [0.2, 0.25) is 0 Å². The van der Waals surface area contributed by atoms with E-state index in [4.69, 9.17) is 0 Å². The van der Waals surface area contributed by atoms with Crippen molar-refractivity contribution in [1.82, 2.24) is 4.98 Å². The molecule has 0 bridgehead atoms. The minimum atomic E-state index is -1.16. The van der Waals surface area contributed by atoms with Crippen molar-refractivity contribution in [2.24, 2.45) is 0 Å². The average molecular weight is 471 g/mol. The van der Waals surface area contributed by atoms with Gasteiger partial charge in [0.15, 0.2) is 11.6 Å². The van der Waals surface area contributed by atoms with Crippen LogP contribution in [0.1, 0.15) is 17.2 Å². The minimum Gasteiger partial charge on any atom is -0.507 e. The van der Waals surface area contributed by atoms with E-state index in [0.29, 0.717) is 11.1 Å². The number of amides is 1. The Bertz CT molecular complexity index is 1180. The molecule has 30 heavy (non-hydrogen) atoms. The smallest absolute Gasteiger partial charge is 0.300 e. The van der Waals surface area contributed by atoms with Crippen molar-refractivity contribution in [2.75, 3.05) is 4.90 Å². The van der Waals surface area contributed by atoms with Crippen LogP contribution in [-0.2, 0) is 9.59 Å². The standard InChI is InChI=1S/C22H13BrF2N2O3/c23-14-5-3-12(4-6-14)20(28)18-19(13-2-1-9-26-11-13)27(22(30)21(18)29)15-7-8-16(24)17(25)10-15/h1-11,19,28H/b20-18+. The van der Waals surface area contributed by atoms with Gasteiger partial charge >= 0.3 is 0 Å².